The fourth-order valence-corrected chi connectivity index (χ4v) is 3.66. The van der Waals surface area contributed by atoms with Gasteiger partial charge in [-0.3, -0.25) is 4.79 Å². The van der Waals surface area contributed by atoms with Crippen LogP contribution in [-0.2, 0) is 9.53 Å². The maximum atomic E-state index is 12.7. The lowest BCUT2D eigenvalue weighted by atomic mass is 10.1. The van der Waals surface area contributed by atoms with E-state index in [1.807, 2.05) is 36.4 Å². The number of carbonyl (C=O) groups is 1. The molecule has 0 N–H and O–H groups in total. The van der Waals surface area contributed by atoms with Crippen molar-refractivity contribution in [2.24, 2.45) is 17.3 Å². The van der Waals surface area contributed by atoms with E-state index in [-0.39, 0.29) is 23.2 Å². The first-order valence-corrected chi connectivity index (χ1v) is 9.61. The number of esters is 1. The number of hydrogen-bond donors (Lipinski definition) is 0. The minimum absolute atomic E-state index is 0.106. The summed E-state index contributed by atoms with van der Waals surface area (Å²) in [5.74, 6) is 1.04. The lowest BCUT2D eigenvalue weighted by Crippen LogP contribution is -2.14. The number of nitrogens with zero attached hydrogens (tertiary/aromatic N) is 1. The van der Waals surface area contributed by atoms with Gasteiger partial charge in [0.25, 0.3) is 0 Å². The Morgan fingerprint density at radius 1 is 1.14 bits per heavy atom. The molecule has 142 valence electrons. The monoisotopic (exact) mass is 373 g/mol. The summed E-state index contributed by atoms with van der Waals surface area (Å²) in [5, 5.41) is 9.58. The number of hydrogen-bond acceptors (Lipinski definition) is 4. The van der Waals surface area contributed by atoms with Gasteiger partial charge in [-0.25, -0.2) is 0 Å². The molecule has 4 heteroatoms. The van der Waals surface area contributed by atoms with Crippen LogP contribution in [0.5, 0.6) is 11.5 Å². The SMILES string of the molecule is CC1(C)[C@H](C=C2CC2)[C@H]1C(=O)O[C@@H](C#N)c1cccc(Oc2ccccc2)c1. The molecule has 2 aliphatic carbocycles. The van der Waals surface area contributed by atoms with Gasteiger partial charge >= 0.3 is 5.97 Å². The van der Waals surface area contributed by atoms with Crippen LogP contribution in [-0.4, -0.2) is 5.97 Å². The van der Waals surface area contributed by atoms with Gasteiger partial charge in [-0.05, 0) is 48.4 Å². The van der Waals surface area contributed by atoms with Crippen LogP contribution in [0.4, 0.5) is 0 Å². The molecule has 0 radical (unpaired) electrons. The first-order valence-electron chi connectivity index (χ1n) is 9.61. The Labute approximate surface area is 165 Å². The number of nitriles is 1. The van der Waals surface area contributed by atoms with Gasteiger partial charge in [-0.15, -0.1) is 0 Å². The van der Waals surface area contributed by atoms with Crippen molar-refractivity contribution in [2.75, 3.05) is 0 Å². The van der Waals surface area contributed by atoms with Crippen molar-refractivity contribution in [3.63, 3.8) is 0 Å². The van der Waals surface area contributed by atoms with E-state index >= 15 is 0 Å². The Kier molecular flexibility index (Phi) is 4.68. The van der Waals surface area contributed by atoms with Crippen molar-refractivity contribution in [3.8, 4) is 17.6 Å². The summed E-state index contributed by atoms with van der Waals surface area (Å²) in [6.07, 6.45) is 3.56. The quantitative estimate of drug-likeness (QED) is 0.490. The summed E-state index contributed by atoms with van der Waals surface area (Å²) >= 11 is 0. The smallest absolute Gasteiger partial charge is 0.311 e. The van der Waals surface area contributed by atoms with Gasteiger partial charge in [0, 0.05) is 5.56 Å². The highest BCUT2D eigenvalue weighted by Crippen LogP contribution is 2.61. The van der Waals surface area contributed by atoms with Crippen molar-refractivity contribution in [2.45, 2.75) is 32.8 Å². The summed E-state index contributed by atoms with van der Waals surface area (Å²) in [6, 6.07) is 18.7. The third-order valence-electron chi connectivity index (χ3n) is 5.61. The number of rotatable bonds is 6. The lowest BCUT2D eigenvalue weighted by Gasteiger charge is -2.13. The molecule has 2 fully saturated rings. The summed E-state index contributed by atoms with van der Waals surface area (Å²) in [5.41, 5.74) is 1.93. The Morgan fingerprint density at radius 3 is 2.54 bits per heavy atom. The van der Waals surface area contributed by atoms with Crippen molar-refractivity contribution >= 4 is 5.97 Å². The molecule has 2 aromatic rings. The number of allylic oxidation sites excluding steroid dienone is 2. The second kappa shape index (κ2) is 7.16. The Balaban J connectivity index is 1.46. The largest absolute Gasteiger partial charge is 0.457 e. The second-order valence-corrected chi connectivity index (χ2v) is 8.08. The topological polar surface area (TPSA) is 59.3 Å². The van der Waals surface area contributed by atoms with Crippen LogP contribution in [0.1, 0.15) is 38.4 Å². The number of benzene rings is 2. The molecule has 0 amide bonds. The summed E-state index contributed by atoms with van der Waals surface area (Å²) < 4.78 is 11.4. The van der Waals surface area contributed by atoms with Gasteiger partial charge in [0.05, 0.1) is 5.92 Å². The standard InChI is InChI=1S/C24H23NO3/c1-24(2)20(13-16-11-12-16)22(24)23(26)28-21(15-25)17-7-6-10-19(14-17)27-18-8-4-3-5-9-18/h3-10,13-14,20-22H,11-12H2,1-2H3/t20-,21+,22+/m1/s1. The third kappa shape index (κ3) is 3.80. The molecule has 0 unspecified atom stereocenters. The average molecular weight is 373 g/mol. The zero-order chi connectivity index (χ0) is 19.7. The van der Waals surface area contributed by atoms with Gasteiger partial charge in [-0.1, -0.05) is 55.8 Å². The summed E-state index contributed by atoms with van der Waals surface area (Å²) in [6.45, 7) is 4.16. The fraction of sp³-hybridized carbons (Fsp3) is 0.333. The highest BCUT2D eigenvalue weighted by molar-refractivity contribution is 5.79. The Bertz CT molecular complexity index is 949. The molecule has 0 aliphatic heterocycles. The molecule has 0 aromatic heterocycles. The van der Waals surface area contributed by atoms with Crippen molar-refractivity contribution in [3.05, 3.63) is 71.8 Å². The summed E-state index contributed by atoms with van der Waals surface area (Å²) in [4.78, 5) is 12.7. The molecule has 3 atom stereocenters. The van der Waals surface area contributed by atoms with E-state index in [1.54, 1.807) is 18.2 Å². The molecule has 0 bridgehead atoms. The van der Waals surface area contributed by atoms with Gasteiger partial charge in [0.2, 0.25) is 6.10 Å². The van der Waals surface area contributed by atoms with E-state index in [1.165, 1.54) is 5.57 Å². The summed E-state index contributed by atoms with van der Waals surface area (Å²) in [7, 11) is 0. The molecule has 2 aromatic carbocycles. The molecular formula is C24H23NO3. The molecule has 2 saturated carbocycles. The lowest BCUT2D eigenvalue weighted by molar-refractivity contribution is -0.149. The van der Waals surface area contributed by atoms with E-state index < -0.39 is 6.10 Å². The van der Waals surface area contributed by atoms with E-state index in [0.29, 0.717) is 17.1 Å². The van der Waals surface area contributed by atoms with E-state index in [2.05, 4.69) is 26.0 Å². The fourth-order valence-electron chi connectivity index (χ4n) is 3.66. The van der Waals surface area contributed by atoms with Crippen LogP contribution in [0, 0.1) is 28.6 Å². The zero-order valence-electron chi connectivity index (χ0n) is 16.1. The first kappa shape index (κ1) is 18.3. The molecule has 28 heavy (non-hydrogen) atoms. The average Bonchev–Trinajstić information content (AvgIpc) is 3.59. The van der Waals surface area contributed by atoms with Crippen LogP contribution >= 0.6 is 0 Å². The van der Waals surface area contributed by atoms with Crippen LogP contribution in [0.3, 0.4) is 0 Å². The molecular weight excluding hydrogens is 350 g/mol. The number of carbonyl (C=O) groups excluding carboxylic acids is 1. The van der Waals surface area contributed by atoms with Gasteiger partial charge < -0.3 is 9.47 Å². The minimum Gasteiger partial charge on any atom is -0.457 e. The van der Waals surface area contributed by atoms with Crippen molar-refractivity contribution in [1.82, 2.24) is 0 Å². The molecule has 2 aliphatic rings. The first-order chi connectivity index (χ1) is 13.5. The second-order valence-electron chi connectivity index (χ2n) is 8.08. The maximum absolute atomic E-state index is 12.7. The van der Waals surface area contributed by atoms with Gasteiger partial charge in [0.15, 0.2) is 0 Å². The van der Waals surface area contributed by atoms with E-state index in [0.717, 1.165) is 12.8 Å². The van der Waals surface area contributed by atoms with Crippen LogP contribution < -0.4 is 4.74 Å². The molecule has 4 nitrogen and oxygen atoms in total. The van der Waals surface area contributed by atoms with E-state index in [4.69, 9.17) is 9.47 Å². The maximum Gasteiger partial charge on any atom is 0.311 e. The highest BCUT2D eigenvalue weighted by atomic mass is 16.5. The zero-order valence-corrected chi connectivity index (χ0v) is 16.1. The van der Waals surface area contributed by atoms with Crippen LogP contribution in [0.25, 0.3) is 0 Å². The normalized spacial score (nSPS) is 22.5. The molecule has 0 spiro atoms. The van der Waals surface area contributed by atoms with Crippen LogP contribution in [0.2, 0.25) is 0 Å². The molecule has 0 heterocycles. The van der Waals surface area contributed by atoms with Gasteiger partial charge in [0.1, 0.15) is 17.6 Å². The molecule has 0 saturated heterocycles. The number of para-hydroxylation sites is 1. The van der Waals surface area contributed by atoms with Crippen molar-refractivity contribution in [1.29, 1.82) is 5.26 Å². The van der Waals surface area contributed by atoms with Crippen molar-refractivity contribution < 1.29 is 14.3 Å². The van der Waals surface area contributed by atoms with Gasteiger partial charge in [-0.2, -0.15) is 5.26 Å². The van der Waals surface area contributed by atoms with Crippen LogP contribution in [0.15, 0.2) is 66.2 Å². The molecule has 4 rings (SSSR count). The third-order valence-corrected chi connectivity index (χ3v) is 5.61. The Hall–Kier alpha value is -3.06. The number of ether oxygens (including phenoxy) is 2. The minimum atomic E-state index is -0.947. The predicted octanol–water partition coefficient (Wildman–Crippen LogP) is 5.58. The van der Waals surface area contributed by atoms with E-state index in [9.17, 15) is 10.1 Å². The Morgan fingerprint density at radius 2 is 1.86 bits per heavy atom. The predicted molar refractivity (Wildman–Crippen MR) is 105 cm³/mol. The highest BCUT2D eigenvalue weighted by Gasteiger charge is 2.62.